The summed E-state index contributed by atoms with van der Waals surface area (Å²) >= 11 is 0. The van der Waals surface area contributed by atoms with E-state index >= 15 is 0 Å². The normalized spacial score (nSPS) is 27.4. The number of allylic oxidation sites excluding steroid dienone is 1. The SMILES string of the molecule is CC(=O)NC1C(N)C=C(CCCO)OC1P(=O)(O)O. The number of amides is 1. The van der Waals surface area contributed by atoms with Gasteiger partial charge in [0.15, 0.2) is 0 Å². The molecule has 1 aliphatic heterocycles. The lowest BCUT2D eigenvalue weighted by Gasteiger charge is -2.36. The molecule has 1 amide bonds. The minimum atomic E-state index is -4.58. The van der Waals surface area contributed by atoms with Gasteiger partial charge >= 0.3 is 7.60 Å². The Morgan fingerprint density at radius 2 is 2.21 bits per heavy atom. The fraction of sp³-hybridized carbons (Fsp3) is 0.700. The molecule has 9 heteroatoms. The van der Waals surface area contributed by atoms with Crippen LogP contribution in [-0.2, 0) is 14.1 Å². The predicted octanol–water partition coefficient (Wildman–Crippen LogP) is -0.991. The van der Waals surface area contributed by atoms with Gasteiger partial charge in [-0.25, -0.2) is 0 Å². The van der Waals surface area contributed by atoms with Crippen molar-refractivity contribution in [2.45, 2.75) is 37.7 Å². The molecule has 0 aromatic rings. The zero-order valence-electron chi connectivity index (χ0n) is 10.5. The van der Waals surface area contributed by atoms with Crippen molar-refractivity contribution in [3.8, 4) is 0 Å². The number of aliphatic hydroxyl groups is 1. The summed E-state index contributed by atoms with van der Waals surface area (Å²) < 4.78 is 16.7. The van der Waals surface area contributed by atoms with E-state index < -0.39 is 31.4 Å². The first kappa shape index (κ1) is 16.1. The van der Waals surface area contributed by atoms with E-state index in [0.717, 1.165) is 0 Å². The van der Waals surface area contributed by atoms with Gasteiger partial charge in [0, 0.05) is 20.0 Å². The summed E-state index contributed by atoms with van der Waals surface area (Å²) in [4.78, 5) is 29.6. The maximum absolute atomic E-state index is 11.4. The van der Waals surface area contributed by atoms with Gasteiger partial charge in [0.2, 0.25) is 11.8 Å². The lowest BCUT2D eigenvalue weighted by atomic mass is 10.0. The van der Waals surface area contributed by atoms with Crippen molar-refractivity contribution in [1.82, 2.24) is 5.32 Å². The van der Waals surface area contributed by atoms with Gasteiger partial charge < -0.3 is 30.7 Å². The van der Waals surface area contributed by atoms with Crippen LogP contribution in [0.1, 0.15) is 19.8 Å². The number of aliphatic hydroxyl groups excluding tert-OH is 1. The molecule has 0 aromatic heterocycles. The summed E-state index contributed by atoms with van der Waals surface area (Å²) in [6.45, 7) is 1.17. The Labute approximate surface area is 110 Å². The van der Waals surface area contributed by atoms with E-state index in [-0.39, 0.29) is 6.61 Å². The summed E-state index contributed by atoms with van der Waals surface area (Å²) in [5.41, 5.74) is 5.80. The third-order valence-corrected chi connectivity index (χ3v) is 3.74. The van der Waals surface area contributed by atoms with Gasteiger partial charge in [-0.3, -0.25) is 9.36 Å². The molecule has 0 saturated carbocycles. The van der Waals surface area contributed by atoms with Crippen molar-refractivity contribution in [3.05, 3.63) is 11.8 Å². The van der Waals surface area contributed by atoms with Gasteiger partial charge in [-0.05, 0) is 12.5 Å². The fourth-order valence-corrected chi connectivity index (χ4v) is 2.82. The van der Waals surface area contributed by atoms with E-state index in [1.807, 2.05) is 0 Å². The predicted molar refractivity (Wildman–Crippen MR) is 66.9 cm³/mol. The standard InChI is InChI=1S/C10H19N2O6P/c1-6(14)12-9-8(11)5-7(3-2-4-13)18-10(9)19(15,16)17/h5,8-10,13H,2-4,11H2,1H3,(H,12,14)(H2,15,16,17). The largest absolute Gasteiger partial charge is 0.480 e. The molecule has 19 heavy (non-hydrogen) atoms. The Bertz CT molecular complexity index is 407. The highest BCUT2D eigenvalue weighted by atomic mass is 31.2. The molecule has 1 aliphatic rings. The Balaban J connectivity index is 2.93. The number of hydrogen-bond acceptors (Lipinski definition) is 5. The van der Waals surface area contributed by atoms with Crippen molar-refractivity contribution < 1.29 is 29.0 Å². The minimum Gasteiger partial charge on any atom is -0.480 e. The van der Waals surface area contributed by atoms with E-state index in [2.05, 4.69) is 5.32 Å². The molecule has 110 valence electrons. The number of hydrogen-bond donors (Lipinski definition) is 5. The third kappa shape index (κ3) is 4.59. The Hall–Kier alpha value is -0.920. The zero-order valence-corrected chi connectivity index (χ0v) is 11.4. The van der Waals surface area contributed by atoms with Crippen LogP contribution in [0.2, 0.25) is 0 Å². The van der Waals surface area contributed by atoms with E-state index in [4.69, 9.17) is 15.6 Å². The number of carbonyl (C=O) groups is 1. The van der Waals surface area contributed by atoms with Crippen LogP contribution < -0.4 is 11.1 Å². The molecule has 0 radical (unpaired) electrons. The van der Waals surface area contributed by atoms with E-state index in [0.29, 0.717) is 18.6 Å². The first-order chi connectivity index (χ1) is 8.75. The highest BCUT2D eigenvalue weighted by Crippen LogP contribution is 2.46. The second-order valence-corrected chi connectivity index (χ2v) is 6.05. The third-order valence-electron chi connectivity index (χ3n) is 2.66. The van der Waals surface area contributed by atoms with Crippen LogP contribution in [0.25, 0.3) is 0 Å². The van der Waals surface area contributed by atoms with E-state index in [1.54, 1.807) is 0 Å². The highest BCUT2D eigenvalue weighted by molar-refractivity contribution is 7.52. The summed E-state index contributed by atoms with van der Waals surface area (Å²) in [7, 11) is -4.58. The minimum absolute atomic E-state index is 0.0638. The molecule has 0 bridgehead atoms. The maximum Gasteiger partial charge on any atom is 0.367 e. The molecule has 0 fully saturated rings. The van der Waals surface area contributed by atoms with Crippen molar-refractivity contribution in [3.63, 3.8) is 0 Å². The topological polar surface area (TPSA) is 142 Å². The van der Waals surface area contributed by atoms with Gasteiger partial charge in [0.1, 0.15) is 0 Å². The second kappa shape index (κ2) is 6.49. The highest BCUT2D eigenvalue weighted by Gasteiger charge is 2.44. The molecular formula is C10H19N2O6P. The smallest absolute Gasteiger partial charge is 0.367 e. The average Bonchev–Trinajstić information content (AvgIpc) is 2.27. The van der Waals surface area contributed by atoms with Crippen molar-refractivity contribution in [1.29, 1.82) is 0 Å². The summed E-state index contributed by atoms with van der Waals surface area (Å²) in [6, 6.07) is -1.75. The Morgan fingerprint density at radius 3 is 2.68 bits per heavy atom. The van der Waals surface area contributed by atoms with Gasteiger partial charge in [-0.2, -0.15) is 0 Å². The van der Waals surface area contributed by atoms with Crippen LogP contribution in [0, 0.1) is 0 Å². The number of rotatable bonds is 5. The van der Waals surface area contributed by atoms with Gasteiger partial charge in [0.05, 0.1) is 17.8 Å². The van der Waals surface area contributed by atoms with Gasteiger partial charge in [-0.1, -0.05) is 0 Å². The number of nitrogens with one attached hydrogen (secondary N) is 1. The number of ether oxygens (including phenoxy) is 1. The molecule has 8 nitrogen and oxygen atoms in total. The fourth-order valence-electron chi connectivity index (χ4n) is 1.85. The molecule has 0 aliphatic carbocycles. The van der Waals surface area contributed by atoms with E-state index in [1.165, 1.54) is 13.0 Å². The first-order valence-electron chi connectivity index (χ1n) is 5.82. The molecule has 0 aromatic carbocycles. The Morgan fingerprint density at radius 1 is 1.58 bits per heavy atom. The molecule has 1 rings (SSSR count). The quantitative estimate of drug-likeness (QED) is 0.410. The zero-order chi connectivity index (χ0) is 14.6. The summed E-state index contributed by atoms with van der Waals surface area (Å²) in [6.07, 6.45) is 2.23. The lowest BCUT2D eigenvalue weighted by molar-refractivity contribution is -0.120. The molecule has 1 heterocycles. The molecule has 0 saturated heterocycles. The second-order valence-electron chi connectivity index (χ2n) is 4.36. The van der Waals surface area contributed by atoms with Crippen LogP contribution in [0.3, 0.4) is 0 Å². The maximum atomic E-state index is 11.4. The van der Waals surface area contributed by atoms with Crippen molar-refractivity contribution >= 4 is 13.5 Å². The van der Waals surface area contributed by atoms with Crippen LogP contribution in [0.4, 0.5) is 0 Å². The molecule has 3 atom stereocenters. The monoisotopic (exact) mass is 294 g/mol. The van der Waals surface area contributed by atoms with Gasteiger partial charge in [0.25, 0.3) is 0 Å². The van der Waals surface area contributed by atoms with Gasteiger partial charge in [-0.15, -0.1) is 0 Å². The van der Waals surface area contributed by atoms with Crippen LogP contribution in [0.5, 0.6) is 0 Å². The number of carbonyl (C=O) groups excluding carboxylic acids is 1. The van der Waals surface area contributed by atoms with Crippen molar-refractivity contribution in [2.24, 2.45) is 5.73 Å². The molecular weight excluding hydrogens is 275 g/mol. The number of nitrogens with two attached hydrogens (primary N) is 1. The average molecular weight is 294 g/mol. The Kier molecular flexibility index (Phi) is 5.51. The van der Waals surface area contributed by atoms with Crippen LogP contribution in [-0.4, -0.2) is 45.3 Å². The van der Waals surface area contributed by atoms with Crippen molar-refractivity contribution in [2.75, 3.05) is 6.61 Å². The van der Waals surface area contributed by atoms with Crippen LogP contribution >= 0.6 is 7.60 Å². The molecule has 3 unspecified atom stereocenters. The molecule has 0 spiro atoms. The summed E-state index contributed by atoms with van der Waals surface area (Å²) in [5, 5.41) is 11.1. The first-order valence-corrected chi connectivity index (χ1v) is 7.50. The van der Waals surface area contributed by atoms with Crippen LogP contribution in [0.15, 0.2) is 11.8 Å². The summed E-state index contributed by atoms with van der Waals surface area (Å²) in [5.74, 6) is -1.64. The molecule has 6 N–H and O–H groups in total. The lowest BCUT2D eigenvalue weighted by Crippen LogP contribution is -2.55. The van der Waals surface area contributed by atoms with E-state index in [9.17, 15) is 19.1 Å².